The predicted octanol–water partition coefficient (Wildman–Crippen LogP) is 2.80. The topological polar surface area (TPSA) is 75.6 Å². The Labute approximate surface area is 132 Å². The van der Waals surface area contributed by atoms with E-state index in [0.29, 0.717) is 31.2 Å². The summed E-state index contributed by atoms with van der Waals surface area (Å²) in [5, 5.41) is 11.7. The maximum absolute atomic E-state index is 12.3. The average molecular weight is 327 g/mol. The smallest absolute Gasteiger partial charge is 0.387 e. The Morgan fingerprint density at radius 2 is 1.78 bits per heavy atom. The number of carbonyl (C=O) groups is 2. The van der Waals surface area contributed by atoms with Gasteiger partial charge in [0.05, 0.1) is 5.92 Å². The fraction of sp³-hybridized carbons (Fsp3) is 0.500. The zero-order valence-electron chi connectivity index (χ0n) is 12.5. The van der Waals surface area contributed by atoms with Crippen molar-refractivity contribution >= 4 is 11.9 Å². The molecule has 1 fully saturated rings. The summed E-state index contributed by atoms with van der Waals surface area (Å²) in [4.78, 5) is 23.0. The second-order valence-electron chi connectivity index (χ2n) is 5.59. The molecule has 23 heavy (non-hydrogen) atoms. The number of aliphatic carboxylic acids is 1. The summed E-state index contributed by atoms with van der Waals surface area (Å²) in [6.07, 6.45) is 2.02. The number of carbonyl (C=O) groups excluding carboxylic acids is 1. The third kappa shape index (κ3) is 4.91. The second kappa shape index (κ2) is 7.89. The molecule has 5 nitrogen and oxygen atoms in total. The molecular formula is C16H19F2NO4. The molecule has 0 heterocycles. The fourth-order valence-electron chi connectivity index (χ4n) is 2.79. The molecular weight excluding hydrogens is 308 g/mol. The van der Waals surface area contributed by atoms with E-state index < -0.39 is 12.6 Å². The van der Waals surface area contributed by atoms with Gasteiger partial charge in [0, 0.05) is 18.0 Å². The highest BCUT2D eigenvalue weighted by atomic mass is 19.3. The van der Waals surface area contributed by atoms with Gasteiger partial charge >= 0.3 is 12.6 Å². The largest absolute Gasteiger partial charge is 0.481 e. The summed E-state index contributed by atoms with van der Waals surface area (Å²) in [5.41, 5.74) is 0.473. The molecule has 0 atom stereocenters. The van der Waals surface area contributed by atoms with Crippen molar-refractivity contribution in [2.45, 2.75) is 38.8 Å². The van der Waals surface area contributed by atoms with Crippen LogP contribution in [-0.2, 0) is 16.1 Å². The van der Waals surface area contributed by atoms with Crippen molar-refractivity contribution in [3.63, 3.8) is 0 Å². The number of benzene rings is 1. The molecule has 0 spiro atoms. The van der Waals surface area contributed by atoms with Crippen molar-refractivity contribution in [3.8, 4) is 5.75 Å². The standard InChI is InChI=1S/C16H19F2NO4/c17-16(18)23-13-4-2-1-3-12(13)9-19-14(20)10-5-7-11(8-6-10)15(21)22/h1-4,10-11,16H,5-9H2,(H,19,20)(H,21,22). The lowest BCUT2D eigenvalue weighted by molar-refractivity contribution is -0.144. The molecule has 1 aromatic rings. The van der Waals surface area contributed by atoms with Gasteiger partial charge in [-0.3, -0.25) is 9.59 Å². The van der Waals surface area contributed by atoms with Crippen LogP contribution in [0.15, 0.2) is 24.3 Å². The molecule has 0 bridgehead atoms. The Bertz CT molecular complexity index is 557. The minimum absolute atomic E-state index is 0.0392. The molecule has 1 aliphatic rings. The summed E-state index contributed by atoms with van der Waals surface area (Å²) in [5.74, 6) is -1.56. The third-order valence-electron chi connectivity index (χ3n) is 4.09. The number of nitrogens with one attached hydrogen (secondary N) is 1. The normalized spacial score (nSPS) is 21.0. The zero-order valence-corrected chi connectivity index (χ0v) is 12.5. The zero-order chi connectivity index (χ0) is 16.8. The first-order chi connectivity index (χ1) is 11.0. The van der Waals surface area contributed by atoms with Crippen molar-refractivity contribution in [1.29, 1.82) is 0 Å². The first kappa shape index (κ1) is 17.2. The Morgan fingerprint density at radius 3 is 2.39 bits per heavy atom. The van der Waals surface area contributed by atoms with E-state index in [9.17, 15) is 18.4 Å². The van der Waals surface area contributed by atoms with Gasteiger partial charge < -0.3 is 15.2 Å². The molecule has 0 aliphatic heterocycles. The lowest BCUT2D eigenvalue weighted by Gasteiger charge is -2.25. The van der Waals surface area contributed by atoms with Gasteiger partial charge in [0.2, 0.25) is 5.91 Å². The monoisotopic (exact) mass is 327 g/mol. The highest BCUT2D eigenvalue weighted by molar-refractivity contribution is 5.79. The van der Waals surface area contributed by atoms with E-state index in [1.54, 1.807) is 18.2 Å². The van der Waals surface area contributed by atoms with Gasteiger partial charge in [0.15, 0.2) is 0 Å². The van der Waals surface area contributed by atoms with Crippen LogP contribution in [0.5, 0.6) is 5.75 Å². The molecule has 0 saturated heterocycles. The van der Waals surface area contributed by atoms with Crippen molar-refractivity contribution in [2.75, 3.05) is 0 Å². The number of hydrogen-bond acceptors (Lipinski definition) is 3. The maximum Gasteiger partial charge on any atom is 0.387 e. The number of carboxylic acids is 1. The van der Waals surface area contributed by atoms with E-state index in [2.05, 4.69) is 10.1 Å². The van der Waals surface area contributed by atoms with Crippen molar-refractivity contribution in [1.82, 2.24) is 5.32 Å². The van der Waals surface area contributed by atoms with E-state index >= 15 is 0 Å². The summed E-state index contributed by atoms with van der Waals surface area (Å²) in [6.45, 7) is -2.82. The number of para-hydroxylation sites is 1. The van der Waals surface area contributed by atoms with Gasteiger partial charge in [-0.1, -0.05) is 18.2 Å². The second-order valence-corrected chi connectivity index (χ2v) is 5.59. The third-order valence-corrected chi connectivity index (χ3v) is 4.09. The van der Waals surface area contributed by atoms with E-state index in [0.717, 1.165) is 0 Å². The predicted molar refractivity (Wildman–Crippen MR) is 78.0 cm³/mol. The Kier molecular flexibility index (Phi) is 5.90. The van der Waals surface area contributed by atoms with Crippen LogP contribution in [0.3, 0.4) is 0 Å². The van der Waals surface area contributed by atoms with Gasteiger partial charge in [-0.05, 0) is 31.7 Å². The van der Waals surface area contributed by atoms with Crippen LogP contribution in [0.4, 0.5) is 8.78 Å². The van der Waals surface area contributed by atoms with Crippen molar-refractivity contribution in [2.24, 2.45) is 11.8 Å². The average Bonchev–Trinajstić information content (AvgIpc) is 2.53. The van der Waals surface area contributed by atoms with Gasteiger partial charge in [-0.2, -0.15) is 8.78 Å². The van der Waals surface area contributed by atoms with Crippen LogP contribution in [0.25, 0.3) is 0 Å². The quantitative estimate of drug-likeness (QED) is 0.842. The molecule has 1 aromatic carbocycles. The minimum atomic E-state index is -2.92. The van der Waals surface area contributed by atoms with Crippen LogP contribution in [0.1, 0.15) is 31.2 Å². The maximum atomic E-state index is 12.3. The molecule has 7 heteroatoms. The first-order valence-electron chi connectivity index (χ1n) is 7.50. The molecule has 2 N–H and O–H groups in total. The van der Waals surface area contributed by atoms with Crippen molar-refractivity contribution in [3.05, 3.63) is 29.8 Å². The van der Waals surface area contributed by atoms with E-state index in [4.69, 9.17) is 5.11 Å². The molecule has 1 amide bonds. The van der Waals surface area contributed by atoms with Crippen LogP contribution in [-0.4, -0.2) is 23.6 Å². The lowest BCUT2D eigenvalue weighted by Crippen LogP contribution is -2.34. The number of amides is 1. The molecule has 126 valence electrons. The van der Waals surface area contributed by atoms with E-state index in [-0.39, 0.29) is 30.0 Å². The van der Waals surface area contributed by atoms with Crippen molar-refractivity contribution < 1.29 is 28.2 Å². The van der Waals surface area contributed by atoms with Gasteiger partial charge in [-0.15, -0.1) is 0 Å². The summed E-state index contributed by atoms with van der Waals surface area (Å²) in [7, 11) is 0. The van der Waals surface area contributed by atoms with Crippen LogP contribution < -0.4 is 10.1 Å². The van der Waals surface area contributed by atoms with Crippen LogP contribution in [0.2, 0.25) is 0 Å². The van der Waals surface area contributed by atoms with Gasteiger partial charge in [-0.25, -0.2) is 0 Å². The van der Waals surface area contributed by atoms with Gasteiger partial charge in [0.1, 0.15) is 5.75 Å². The number of rotatable bonds is 6. The lowest BCUT2D eigenvalue weighted by atomic mass is 9.81. The summed E-state index contributed by atoms with van der Waals surface area (Å²) >= 11 is 0. The number of ether oxygens (including phenoxy) is 1. The number of hydrogen-bond donors (Lipinski definition) is 2. The fourth-order valence-corrected chi connectivity index (χ4v) is 2.79. The summed E-state index contributed by atoms with van der Waals surface area (Å²) in [6, 6.07) is 6.29. The number of alkyl halides is 2. The molecule has 1 saturated carbocycles. The SMILES string of the molecule is O=C(O)C1CCC(C(=O)NCc2ccccc2OC(F)F)CC1. The highest BCUT2D eigenvalue weighted by Crippen LogP contribution is 2.29. The highest BCUT2D eigenvalue weighted by Gasteiger charge is 2.29. The van der Waals surface area contributed by atoms with E-state index in [1.165, 1.54) is 6.07 Å². The summed E-state index contributed by atoms with van der Waals surface area (Å²) < 4.78 is 29.1. The Balaban J connectivity index is 1.87. The molecule has 0 aromatic heterocycles. The van der Waals surface area contributed by atoms with Crippen LogP contribution in [0, 0.1) is 11.8 Å². The minimum Gasteiger partial charge on any atom is -0.481 e. The van der Waals surface area contributed by atoms with E-state index in [1.807, 2.05) is 0 Å². The number of halogens is 2. The van der Waals surface area contributed by atoms with Gasteiger partial charge in [0.25, 0.3) is 0 Å². The molecule has 0 radical (unpaired) electrons. The number of carboxylic acid groups (broad SMARTS) is 1. The molecule has 0 unspecified atom stereocenters. The molecule has 2 rings (SSSR count). The Morgan fingerprint density at radius 1 is 1.17 bits per heavy atom. The Hall–Kier alpha value is -2.18. The molecule has 1 aliphatic carbocycles. The first-order valence-corrected chi connectivity index (χ1v) is 7.50. The van der Waals surface area contributed by atoms with Crippen LogP contribution >= 0.6 is 0 Å².